The van der Waals surface area contributed by atoms with Crippen LogP contribution >= 0.6 is 24.0 Å². The molecule has 1 aliphatic heterocycles. The third-order valence-electron chi connectivity index (χ3n) is 4.39. The first-order chi connectivity index (χ1) is 14.0. The number of halogens is 3. The van der Waals surface area contributed by atoms with Crippen molar-refractivity contribution in [2.24, 2.45) is 4.99 Å². The van der Waals surface area contributed by atoms with Gasteiger partial charge in [-0.05, 0) is 32.8 Å². The normalized spacial score (nSPS) is 14.0. The molecule has 2 N–H and O–H groups in total. The highest BCUT2D eigenvalue weighted by atomic mass is 127. The predicted octanol–water partition coefficient (Wildman–Crippen LogP) is 3.37. The van der Waals surface area contributed by atoms with Crippen molar-refractivity contribution < 1.29 is 23.0 Å². The number of para-hydroxylation sites is 1. The van der Waals surface area contributed by atoms with Crippen LogP contribution in [0.1, 0.15) is 38.7 Å². The van der Waals surface area contributed by atoms with E-state index in [2.05, 4.69) is 20.4 Å². The van der Waals surface area contributed by atoms with Crippen molar-refractivity contribution in [3.8, 4) is 11.5 Å². The van der Waals surface area contributed by atoms with E-state index >= 15 is 0 Å². The molecular weight excluding hydrogens is 509 g/mol. The zero-order chi connectivity index (χ0) is 21.1. The second-order valence-corrected chi connectivity index (χ2v) is 6.52. The second kappa shape index (κ2) is 14.2. The maximum Gasteiger partial charge on any atom is 0.387 e. The van der Waals surface area contributed by atoms with Crippen molar-refractivity contribution >= 4 is 35.8 Å². The van der Waals surface area contributed by atoms with E-state index in [1.54, 1.807) is 25.1 Å². The summed E-state index contributed by atoms with van der Waals surface area (Å²) < 4.78 is 35.8. The van der Waals surface area contributed by atoms with Gasteiger partial charge < -0.3 is 25.0 Å². The molecule has 0 radical (unpaired) electrons. The van der Waals surface area contributed by atoms with Gasteiger partial charge in [0.05, 0.1) is 13.2 Å². The quantitative estimate of drug-likeness (QED) is 0.195. The van der Waals surface area contributed by atoms with Crippen molar-refractivity contribution in [3.63, 3.8) is 0 Å². The fourth-order valence-corrected chi connectivity index (χ4v) is 3.10. The fourth-order valence-electron chi connectivity index (χ4n) is 3.10. The maximum absolute atomic E-state index is 12.8. The molecule has 170 valence electrons. The van der Waals surface area contributed by atoms with Gasteiger partial charge in [0.25, 0.3) is 0 Å². The monoisotopic (exact) mass is 540 g/mol. The summed E-state index contributed by atoms with van der Waals surface area (Å²) >= 11 is 0. The topological polar surface area (TPSA) is 75.2 Å². The first-order valence-electron chi connectivity index (χ1n) is 10.0. The summed E-state index contributed by atoms with van der Waals surface area (Å²) in [5.74, 6) is 1.07. The molecule has 1 aromatic rings. The largest absolute Gasteiger partial charge is 0.490 e. The molecule has 1 saturated heterocycles. The van der Waals surface area contributed by atoms with E-state index in [1.807, 2.05) is 11.8 Å². The van der Waals surface area contributed by atoms with Gasteiger partial charge >= 0.3 is 6.61 Å². The highest BCUT2D eigenvalue weighted by Gasteiger charge is 2.19. The molecule has 0 unspecified atom stereocenters. The Kier molecular flexibility index (Phi) is 12.4. The van der Waals surface area contributed by atoms with Crippen LogP contribution in [-0.4, -0.2) is 56.2 Å². The third-order valence-corrected chi connectivity index (χ3v) is 4.39. The highest BCUT2D eigenvalue weighted by Crippen LogP contribution is 2.33. The summed E-state index contributed by atoms with van der Waals surface area (Å²) in [6.07, 6.45) is 2.37. The molecule has 0 atom stereocenters. The van der Waals surface area contributed by atoms with Crippen LogP contribution < -0.4 is 20.1 Å². The van der Waals surface area contributed by atoms with Crippen LogP contribution in [0, 0.1) is 0 Å². The summed E-state index contributed by atoms with van der Waals surface area (Å²) in [6.45, 7) is 4.13. The van der Waals surface area contributed by atoms with Crippen LogP contribution in [-0.2, 0) is 11.3 Å². The lowest BCUT2D eigenvalue weighted by atomic mass is 10.2. The number of carbonyl (C=O) groups is 1. The van der Waals surface area contributed by atoms with Crippen molar-refractivity contribution in [2.75, 3.05) is 32.8 Å². The van der Waals surface area contributed by atoms with Crippen LogP contribution in [0.5, 0.6) is 11.5 Å². The Labute approximate surface area is 193 Å². The minimum atomic E-state index is -2.95. The number of aliphatic imine (C=N–C) groups is 1. The van der Waals surface area contributed by atoms with Crippen LogP contribution in [0.15, 0.2) is 23.2 Å². The van der Waals surface area contributed by atoms with Crippen molar-refractivity contribution in [1.82, 2.24) is 15.5 Å². The zero-order valence-corrected chi connectivity index (χ0v) is 19.8. The average molecular weight is 540 g/mol. The Morgan fingerprint density at radius 1 is 1.30 bits per heavy atom. The fraction of sp³-hybridized carbons (Fsp3) is 0.600. The molecule has 0 bridgehead atoms. The van der Waals surface area contributed by atoms with Gasteiger partial charge in [-0.2, -0.15) is 8.78 Å². The van der Waals surface area contributed by atoms with Crippen LogP contribution in [0.25, 0.3) is 0 Å². The van der Waals surface area contributed by atoms with Gasteiger partial charge in [-0.25, -0.2) is 4.99 Å². The molecule has 1 aliphatic rings. The van der Waals surface area contributed by atoms with E-state index in [-0.39, 0.29) is 47.9 Å². The lowest BCUT2D eigenvalue weighted by Gasteiger charge is -2.17. The van der Waals surface area contributed by atoms with Gasteiger partial charge in [-0.3, -0.25) is 4.79 Å². The number of hydrogen-bond donors (Lipinski definition) is 2. The third kappa shape index (κ3) is 8.49. The van der Waals surface area contributed by atoms with E-state index in [0.717, 1.165) is 19.4 Å². The number of rotatable bonds is 11. The van der Waals surface area contributed by atoms with E-state index in [1.165, 1.54) is 0 Å². The van der Waals surface area contributed by atoms with E-state index < -0.39 is 6.61 Å². The molecule has 0 aromatic heterocycles. The Balaban J connectivity index is 0.00000450. The van der Waals surface area contributed by atoms with Crippen LogP contribution in [0.4, 0.5) is 8.78 Å². The number of hydrogen-bond acceptors (Lipinski definition) is 4. The number of amides is 1. The van der Waals surface area contributed by atoms with Gasteiger partial charge in [0.2, 0.25) is 5.91 Å². The first kappa shape index (κ1) is 26.2. The molecule has 10 heteroatoms. The Morgan fingerprint density at radius 2 is 2.10 bits per heavy atom. The number of carbonyl (C=O) groups excluding carboxylic acids is 1. The maximum atomic E-state index is 12.8. The van der Waals surface area contributed by atoms with Gasteiger partial charge in [-0.1, -0.05) is 12.1 Å². The molecule has 0 saturated carbocycles. The number of ether oxygens (including phenoxy) is 2. The molecule has 1 amide bonds. The average Bonchev–Trinajstić information content (AvgIpc) is 3.09. The molecule has 1 heterocycles. The van der Waals surface area contributed by atoms with E-state index in [0.29, 0.717) is 44.2 Å². The van der Waals surface area contributed by atoms with E-state index in [9.17, 15) is 13.6 Å². The molecule has 0 spiro atoms. The Hall–Kier alpha value is -1.85. The lowest BCUT2D eigenvalue weighted by Crippen LogP contribution is -2.39. The molecule has 7 nitrogen and oxygen atoms in total. The van der Waals surface area contributed by atoms with Crippen LogP contribution in [0.3, 0.4) is 0 Å². The number of nitrogens with one attached hydrogen (secondary N) is 2. The van der Waals surface area contributed by atoms with Crippen LogP contribution in [0.2, 0.25) is 0 Å². The minimum absolute atomic E-state index is 0. The SMILES string of the molecule is CCNC(=NCc1cccc(OCC)c1OC(F)F)NCCCN1CCCC1=O.I. The summed E-state index contributed by atoms with van der Waals surface area (Å²) in [5.41, 5.74) is 0.510. The number of nitrogens with zero attached hydrogens (tertiary/aromatic N) is 2. The summed E-state index contributed by atoms with van der Waals surface area (Å²) in [6, 6.07) is 5.01. The molecule has 1 aromatic carbocycles. The summed E-state index contributed by atoms with van der Waals surface area (Å²) in [5, 5.41) is 6.34. The summed E-state index contributed by atoms with van der Waals surface area (Å²) in [7, 11) is 0. The standard InChI is InChI=1S/C20H30F2N4O3.HI/c1-3-23-20(24-11-7-13-26-12-6-10-17(26)27)25-14-15-8-5-9-16(28-4-2)18(15)29-19(21)22;/h5,8-9,19H,3-4,6-7,10-14H2,1-2H3,(H2,23,24,25);1H. The Bertz CT molecular complexity index is 692. The van der Waals surface area contributed by atoms with Gasteiger partial charge in [-0.15, -0.1) is 24.0 Å². The zero-order valence-electron chi connectivity index (χ0n) is 17.5. The molecule has 30 heavy (non-hydrogen) atoms. The first-order valence-corrected chi connectivity index (χ1v) is 10.0. The smallest absolute Gasteiger partial charge is 0.387 e. The number of likely N-dealkylation sites (tertiary alicyclic amines) is 1. The van der Waals surface area contributed by atoms with Crippen molar-refractivity contribution in [1.29, 1.82) is 0 Å². The number of benzene rings is 1. The second-order valence-electron chi connectivity index (χ2n) is 6.52. The summed E-state index contributed by atoms with van der Waals surface area (Å²) in [4.78, 5) is 18.0. The number of alkyl halides is 2. The van der Waals surface area contributed by atoms with Gasteiger partial charge in [0.1, 0.15) is 0 Å². The minimum Gasteiger partial charge on any atom is -0.490 e. The Morgan fingerprint density at radius 3 is 2.73 bits per heavy atom. The van der Waals surface area contributed by atoms with Gasteiger partial charge in [0, 0.05) is 38.2 Å². The highest BCUT2D eigenvalue weighted by molar-refractivity contribution is 14.0. The molecule has 2 rings (SSSR count). The predicted molar refractivity (Wildman–Crippen MR) is 123 cm³/mol. The van der Waals surface area contributed by atoms with E-state index in [4.69, 9.17) is 4.74 Å². The van der Waals surface area contributed by atoms with Crippen molar-refractivity contribution in [2.45, 2.75) is 46.3 Å². The molecule has 1 fully saturated rings. The van der Waals surface area contributed by atoms with Crippen molar-refractivity contribution in [3.05, 3.63) is 23.8 Å². The number of guanidine groups is 1. The lowest BCUT2D eigenvalue weighted by molar-refractivity contribution is -0.127. The molecule has 0 aliphatic carbocycles. The van der Waals surface area contributed by atoms with Gasteiger partial charge in [0.15, 0.2) is 17.5 Å². The molecular formula is C20H31F2IN4O3.